The Labute approximate surface area is 312 Å². The van der Waals surface area contributed by atoms with Crippen LogP contribution in [0, 0.1) is 0 Å². The Morgan fingerprint density at radius 2 is 0.463 bits per heavy atom. The van der Waals surface area contributed by atoms with Gasteiger partial charge in [-0.2, -0.15) is 0 Å². The van der Waals surface area contributed by atoms with Crippen LogP contribution in [0.4, 0.5) is 0 Å². The molecular weight excluding hydrogens is 649 g/mol. The molecule has 0 amide bonds. The third-order valence-electron chi connectivity index (χ3n) is 12.5. The first kappa shape index (κ1) is 28.6. The van der Waals surface area contributed by atoms with Gasteiger partial charge in [-0.15, -0.1) is 0 Å². The summed E-state index contributed by atoms with van der Waals surface area (Å²) in [5.74, 6) is 0. The van der Waals surface area contributed by atoms with Crippen molar-refractivity contribution in [1.82, 2.24) is 0 Å². The van der Waals surface area contributed by atoms with E-state index in [1.165, 1.54) is 131 Å². The maximum absolute atomic E-state index is 2.45. The lowest BCUT2D eigenvalue weighted by Crippen LogP contribution is -1.89. The molecule has 0 aliphatic heterocycles. The molecular formula is C54H30. The first-order chi connectivity index (χ1) is 26.8. The highest BCUT2D eigenvalue weighted by Gasteiger charge is 2.25. The first-order valence-electron chi connectivity index (χ1n) is 18.9. The molecule has 0 saturated heterocycles. The SMILES string of the molecule is c1ccc2c(c1)-c1cccc3c1c-2cc1c2ccccc2c(-c2ccc(-c4cc5c6cccc7c6c(cc5c5ccccc45)-c4ccccc4-7)cc2)cc31. The van der Waals surface area contributed by atoms with Gasteiger partial charge in [0.25, 0.3) is 0 Å². The van der Waals surface area contributed by atoms with Crippen LogP contribution in [-0.2, 0) is 0 Å². The van der Waals surface area contributed by atoms with Crippen LogP contribution in [0.15, 0.2) is 182 Å². The lowest BCUT2D eigenvalue weighted by atomic mass is 9.87. The monoisotopic (exact) mass is 678 g/mol. The van der Waals surface area contributed by atoms with Gasteiger partial charge in [0.15, 0.2) is 0 Å². The van der Waals surface area contributed by atoms with Crippen molar-refractivity contribution in [3.05, 3.63) is 182 Å². The summed E-state index contributed by atoms with van der Waals surface area (Å²) in [4.78, 5) is 0. The third kappa shape index (κ3) is 3.62. The predicted octanol–water partition coefficient (Wildman–Crippen LogP) is 15.2. The van der Waals surface area contributed by atoms with Gasteiger partial charge < -0.3 is 0 Å². The minimum absolute atomic E-state index is 1.23. The van der Waals surface area contributed by atoms with Gasteiger partial charge in [0.1, 0.15) is 0 Å². The van der Waals surface area contributed by atoms with Gasteiger partial charge >= 0.3 is 0 Å². The molecule has 0 heteroatoms. The number of benzene rings is 11. The molecule has 0 atom stereocenters. The van der Waals surface area contributed by atoms with Gasteiger partial charge in [-0.05, 0) is 156 Å². The van der Waals surface area contributed by atoms with Crippen LogP contribution < -0.4 is 0 Å². The van der Waals surface area contributed by atoms with Crippen LogP contribution in [0.1, 0.15) is 0 Å². The fourth-order valence-corrected chi connectivity index (χ4v) is 10.2. The zero-order chi connectivity index (χ0) is 35.1. The minimum atomic E-state index is 1.23. The Morgan fingerprint density at radius 3 is 0.889 bits per heavy atom. The second-order valence-electron chi connectivity index (χ2n) is 15.1. The van der Waals surface area contributed by atoms with Gasteiger partial charge in [0, 0.05) is 0 Å². The van der Waals surface area contributed by atoms with Gasteiger partial charge in [-0.1, -0.05) is 158 Å². The van der Waals surface area contributed by atoms with E-state index >= 15 is 0 Å². The summed E-state index contributed by atoms with van der Waals surface area (Å²) in [5.41, 5.74) is 15.7. The van der Waals surface area contributed by atoms with E-state index in [-0.39, 0.29) is 0 Å². The quantitative estimate of drug-likeness (QED) is 0.160. The van der Waals surface area contributed by atoms with Crippen molar-refractivity contribution in [2.45, 2.75) is 0 Å². The van der Waals surface area contributed by atoms with E-state index < -0.39 is 0 Å². The summed E-state index contributed by atoms with van der Waals surface area (Å²) in [6.07, 6.45) is 0. The van der Waals surface area contributed by atoms with Crippen LogP contribution in [0.25, 0.3) is 131 Å². The third-order valence-corrected chi connectivity index (χ3v) is 12.5. The zero-order valence-corrected chi connectivity index (χ0v) is 29.3. The van der Waals surface area contributed by atoms with Gasteiger partial charge in [0.2, 0.25) is 0 Å². The molecule has 0 bridgehead atoms. The molecule has 0 saturated carbocycles. The highest BCUT2D eigenvalue weighted by molar-refractivity contribution is 6.30. The number of fused-ring (bicyclic) bond motifs is 14. The van der Waals surface area contributed by atoms with Crippen molar-refractivity contribution in [1.29, 1.82) is 0 Å². The Bertz CT molecular complexity index is 3240. The summed E-state index contributed by atoms with van der Waals surface area (Å²) in [7, 11) is 0. The predicted molar refractivity (Wildman–Crippen MR) is 231 cm³/mol. The molecule has 0 radical (unpaired) electrons. The van der Waals surface area contributed by atoms with E-state index in [9.17, 15) is 0 Å². The topological polar surface area (TPSA) is 0 Å². The van der Waals surface area contributed by atoms with Crippen molar-refractivity contribution in [3.8, 4) is 66.8 Å². The molecule has 0 unspecified atom stereocenters. The summed E-state index contributed by atoms with van der Waals surface area (Å²) >= 11 is 0. The van der Waals surface area contributed by atoms with E-state index in [1.807, 2.05) is 0 Å². The lowest BCUT2D eigenvalue weighted by molar-refractivity contribution is 1.64. The maximum atomic E-state index is 2.45. The van der Waals surface area contributed by atoms with Crippen molar-refractivity contribution in [2.75, 3.05) is 0 Å². The molecule has 0 spiro atoms. The van der Waals surface area contributed by atoms with Crippen LogP contribution in [-0.4, -0.2) is 0 Å². The van der Waals surface area contributed by atoms with E-state index in [1.54, 1.807) is 0 Å². The molecule has 2 aliphatic carbocycles. The summed E-state index contributed by atoms with van der Waals surface area (Å²) in [6.45, 7) is 0. The van der Waals surface area contributed by atoms with Crippen LogP contribution >= 0.6 is 0 Å². The van der Waals surface area contributed by atoms with E-state index in [2.05, 4.69) is 182 Å². The van der Waals surface area contributed by atoms with Gasteiger partial charge in [-0.25, -0.2) is 0 Å². The smallest absolute Gasteiger partial charge is 0.00199 e. The van der Waals surface area contributed by atoms with Gasteiger partial charge in [0.05, 0.1) is 0 Å². The Balaban J connectivity index is 1.02. The lowest BCUT2D eigenvalue weighted by Gasteiger charge is -2.16. The van der Waals surface area contributed by atoms with Crippen molar-refractivity contribution in [2.24, 2.45) is 0 Å². The summed E-state index contributed by atoms with van der Waals surface area (Å²) in [5, 5.41) is 15.8. The molecule has 13 rings (SSSR count). The highest BCUT2D eigenvalue weighted by Crippen LogP contribution is 2.52. The Kier molecular flexibility index (Phi) is 5.45. The number of hydrogen-bond donors (Lipinski definition) is 0. The van der Waals surface area contributed by atoms with Crippen molar-refractivity contribution in [3.63, 3.8) is 0 Å². The fourth-order valence-electron chi connectivity index (χ4n) is 10.2. The zero-order valence-electron chi connectivity index (χ0n) is 29.3. The first-order valence-corrected chi connectivity index (χ1v) is 18.9. The van der Waals surface area contributed by atoms with E-state index in [4.69, 9.17) is 0 Å². The molecule has 0 aromatic heterocycles. The van der Waals surface area contributed by atoms with E-state index in [0.29, 0.717) is 0 Å². The Hall–Kier alpha value is -7.02. The average Bonchev–Trinajstić information content (AvgIpc) is 3.74. The van der Waals surface area contributed by atoms with Crippen LogP contribution in [0.3, 0.4) is 0 Å². The minimum Gasteiger partial charge on any atom is -0.0616 e. The molecule has 11 aromatic rings. The number of hydrogen-bond acceptors (Lipinski definition) is 0. The van der Waals surface area contributed by atoms with Crippen molar-refractivity contribution >= 4 is 64.6 Å². The summed E-state index contributed by atoms with van der Waals surface area (Å²) < 4.78 is 0. The molecule has 0 heterocycles. The molecule has 246 valence electrons. The standard InChI is InChI=1S/C54H30/c1-7-17-39-33(11-1)41-19-9-21-43-49-27-45(35-13-3-5-15-37(35)47(49)29-51(39)53(41)43)31-23-25-32(26-24-31)46-28-50-44-22-10-20-42-34-12-2-8-18-40(34)52(54(42)44)30-48(50)38-16-6-4-14-36(38)46/h1-30H. The molecule has 54 heavy (non-hydrogen) atoms. The van der Waals surface area contributed by atoms with Crippen LogP contribution in [0.5, 0.6) is 0 Å². The van der Waals surface area contributed by atoms with E-state index in [0.717, 1.165) is 0 Å². The fraction of sp³-hybridized carbons (Fsp3) is 0. The molecule has 0 fully saturated rings. The highest BCUT2D eigenvalue weighted by atomic mass is 14.3. The molecule has 0 N–H and O–H groups in total. The summed E-state index contributed by atoms with van der Waals surface area (Å²) in [6, 6.07) is 68.5. The largest absolute Gasteiger partial charge is 0.0616 e. The Morgan fingerprint density at radius 1 is 0.167 bits per heavy atom. The van der Waals surface area contributed by atoms with Crippen LogP contribution in [0.2, 0.25) is 0 Å². The molecule has 0 nitrogen and oxygen atoms in total. The van der Waals surface area contributed by atoms with Gasteiger partial charge in [-0.3, -0.25) is 0 Å². The molecule has 11 aromatic carbocycles. The second kappa shape index (κ2) is 10.3. The number of rotatable bonds is 2. The average molecular weight is 679 g/mol. The van der Waals surface area contributed by atoms with Crippen molar-refractivity contribution < 1.29 is 0 Å². The normalized spacial score (nSPS) is 12.4. The maximum Gasteiger partial charge on any atom is -0.00199 e. The second-order valence-corrected chi connectivity index (χ2v) is 15.1. The molecule has 2 aliphatic rings.